The lowest BCUT2D eigenvalue weighted by atomic mass is 10.00. The predicted molar refractivity (Wildman–Crippen MR) is 131 cm³/mol. The molecule has 5 nitrogen and oxygen atoms in total. The molecule has 0 saturated heterocycles. The second-order valence-corrected chi connectivity index (χ2v) is 8.30. The fraction of sp³-hybridized carbons (Fsp3) is 0.423. The van der Waals surface area contributed by atoms with E-state index in [0.717, 1.165) is 51.5 Å². The quantitative estimate of drug-likeness (QED) is 0.516. The summed E-state index contributed by atoms with van der Waals surface area (Å²) in [5.41, 5.74) is 1.92. The number of cyclic esters (lactones) is 1. The molecule has 0 amide bonds. The molecule has 0 spiro atoms. The number of ether oxygens (including phenoxy) is 1. The van der Waals surface area contributed by atoms with Crippen LogP contribution in [0.3, 0.4) is 0 Å². The molecule has 2 aromatic rings. The Morgan fingerprint density at radius 3 is 2.59 bits per heavy atom. The van der Waals surface area contributed by atoms with Crippen molar-refractivity contribution >= 4 is 24.5 Å². The Morgan fingerprint density at radius 1 is 1.06 bits per heavy atom. The summed E-state index contributed by atoms with van der Waals surface area (Å²) >= 11 is 0. The first-order valence-corrected chi connectivity index (χ1v) is 11.2. The number of hydrogen-bond donors (Lipinski definition) is 3. The Hall–Kier alpha value is -2.50. The maximum atomic E-state index is 12.6. The van der Waals surface area contributed by atoms with Crippen LogP contribution in [0.15, 0.2) is 48.5 Å². The van der Waals surface area contributed by atoms with Gasteiger partial charge in [0, 0.05) is 12.1 Å². The molecule has 32 heavy (non-hydrogen) atoms. The molecule has 0 aliphatic carbocycles. The minimum absolute atomic E-state index is 0. The van der Waals surface area contributed by atoms with Crippen molar-refractivity contribution in [2.45, 2.75) is 64.0 Å². The van der Waals surface area contributed by atoms with Crippen molar-refractivity contribution in [2.75, 3.05) is 6.54 Å². The van der Waals surface area contributed by atoms with Crippen molar-refractivity contribution in [3.8, 4) is 11.5 Å². The lowest BCUT2D eigenvalue weighted by molar-refractivity contribution is 0.0315. The summed E-state index contributed by atoms with van der Waals surface area (Å²) < 4.78 is 5.58. The summed E-state index contributed by atoms with van der Waals surface area (Å²) in [5, 5.41) is 23.7. The Morgan fingerprint density at radius 2 is 1.81 bits per heavy atom. The van der Waals surface area contributed by atoms with Gasteiger partial charge in [0.2, 0.25) is 0 Å². The monoisotopic (exact) mass is 459 g/mol. The molecule has 1 unspecified atom stereocenters. The third-order valence-electron chi connectivity index (χ3n) is 5.72. The van der Waals surface area contributed by atoms with E-state index in [1.165, 1.54) is 17.7 Å². The van der Waals surface area contributed by atoms with Gasteiger partial charge in [0.1, 0.15) is 17.1 Å². The van der Waals surface area contributed by atoms with Crippen LogP contribution in [0, 0.1) is 0 Å². The summed E-state index contributed by atoms with van der Waals surface area (Å²) in [6.45, 7) is 2.83. The van der Waals surface area contributed by atoms with Gasteiger partial charge < -0.3 is 20.3 Å². The highest BCUT2D eigenvalue weighted by molar-refractivity contribution is 5.97. The molecule has 2 aromatic carbocycles. The molecule has 0 fully saturated rings. The lowest BCUT2D eigenvalue weighted by Gasteiger charge is -2.21. The number of hydrogen-bond acceptors (Lipinski definition) is 5. The largest absolute Gasteiger partial charge is 0.508 e. The highest BCUT2D eigenvalue weighted by Crippen LogP contribution is 2.30. The number of halogens is 1. The van der Waals surface area contributed by atoms with Crippen molar-refractivity contribution in [1.29, 1.82) is 0 Å². The first kappa shape index (κ1) is 25.8. The molecule has 3 rings (SSSR count). The predicted octanol–water partition coefficient (Wildman–Crippen LogP) is 5.63. The summed E-state index contributed by atoms with van der Waals surface area (Å²) in [6.07, 6.45) is 10.3. The molecule has 1 heterocycles. The SMILES string of the molecule is C[C@H]1CCCC(NCCc2ccccc2)CCC/C=C/c2cc(O)cc(O)c2C(=O)O1.Cl. The molecule has 1 aliphatic heterocycles. The number of allylic oxidation sites excluding steroid dienone is 1. The molecule has 174 valence electrons. The molecule has 2 atom stereocenters. The van der Waals surface area contributed by atoms with Crippen molar-refractivity contribution < 1.29 is 19.7 Å². The van der Waals surface area contributed by atoms with Gasteiger partial charge in [0.25, 0.3) is 0 Å². The van der Waals surface area contributed by atoms with Crippen molar-refractivity contribution in [2.24, 2.45) is 0 Å². The van der Waals surface area contributed by atoms with Crippen LogP contribution in [0.5, 0.6) is 11.5 Å². The third-order valence-corrected chi connectivity index (χ3v) is 5.72. The third kappa shape index (κ3) is 7.88. The minimum atomic E-state index is -0.556. The highest BCUT2D eigenvalue weighted by atomic mass is 35.5. The van der Waals surface area contributed by atoms with Crippen molar-refractivity contribution in [3.63, 3.8) is 0 Å². The van der Waals surface area contributed by atoms with Crippen LogP contribution in [-0.2, 0) is 11.2 Å². The second-order valence-electron chi connectivity index (χ2n) is 8.30. The first-order chi connectivity index (χ1) is 15.0. The zero-order valence-electron chi connectivity index (χ0n) is 18.6. The van der Waals surface area contributed by atoms with Crippen LogP contribution >= 0.6 is 12.4 Å². The number of phenols is 2. The molecule has 0 radical (unpaired) electrons. The average Bonchev–Trinajstić information content (AvgIpc) is 2.72. The van der Waals surface area contributed by atoms with E-state index in [1.54, 1.807) is 6.08 Å². The van der Waals surface area contributed by atoms with Crippen molar-refractivity contribution in [3.05, 3.63) is 65.2 Å². The fourth-order valence-corrected chi connectivity index (χ4v) is 4.05. The summed E-state index contributed by atoms with van der Waals surface area (Å²) in [7, 11) is 0. The molecule has 3 N–H and O–H groups in total. The highest BCUT2D eigenvalue weighted by Gasteiger charge is 2.21. The van der Waals surface area contributed by atoms with Gasteiger partial charge in [-0.1, -0.05) is 42.5 Å². The summed E-state index contributed by atoms with van der Waals surface area (Å²) in [4.78, 5) is 12.6. The van der Waals surface area contributed by atoms with Gasteiger partial charge in [-0.15, -0.1) is 12.4 Å². The second kappa shape index (κ2) is 13.1. The smallest absolute Gasteiger partial charge is 0.342 e. The molecule has 0 saturated carbocycles. The van der Waals surface area contributed by atoms with Crippen LogP contribution in [0.1, 0.15) is 66.9 Å². The Kier molecular flexibility index (Phi) is 10.6. The molecule has 0 bridgehead atoms. The number of carbonyl (C=O) groups is 1. The van der Waals surface area contributed by atoms with E-state index in [2.05, 4.69) is 29.6 Å². The van der Waals surface area contributed by atoms with Crippen molar-refractivity contribution in [1.82, 2.24) is 5.32 Å². The number of esters is 1. The van der Waals surface area contributed by atoms with Gasteiger partial charge >= 0.3 is 5.97 Å². The van der Waals surface area contributed by atoms with E-state index >= 15 is 0 Å². The summed E-state index contributed by atoms with van der Waals surface area (Å²) in [5.74, 6) is -0.892. The van der Waals surface area contributed by atoms with Crippen LogP contribution in [0.25, 0.3) is 6.08 Å². The maximum absolute atomic E-state index is 12.6. The summed E-state index contributed by atoms with van der Waals surface area (Å²) in [6, 6.07) is 13.6. The van der Waals surface area contributed by atoms with E-state index in [-0.39, 0.29) is 35.6 Å². The zero-order chi connectivity index (χ0) is 22.1. The van der Waals surface area contributed by atoms with E-state index in [0.29, 0.717) is 11.6 Å². The van der Waals surface area contributed by atoms with Crippen LogP contribution in [0.2, 0.25) is 0 Å². The zero-order valence-corrected chi connectivity index (χ0v) is 19.4. The first-order valence-electron chi connectivity index (χ1n) is 11.2. The van der Waals surface area contributed by atoms with Gasteiger partial charge in [-0.2, -0.15) is 0 Å². The van der Waals surface area contributed by atoms with E-state index in [9.17, 15) is 15.0 Å². The number of rotatable bonds is 4. The van der Waals surface area contributed by atoms with Crippen LogP contribution in [0.4, 0.5) is 0 Å². The lowest BCUT2D eigenvalue weighted by Crippen LogP contribution is -2.31. The number of nitrogens with one attached hydrogen (secondary N) is 1. The van der Waals surface area contributed by atoms with Gasteiger partial charge in [0.15, 0.2) is 0 Å². The molecular weight excluding hydrogens is 426 g/mol. The number of benzene rings is 2. The Balaban J connectivity index is 0.00000363. The van der Waals surface area contributed by atoms with Gasteiger partial charge in [-0.05, 0) is 75.6 Å². The van der Waals surface area contributed by atoms with Gasteiger partial charge in [-0.3, -0.25) is 0 Å². The standard InChI is InChI=1S/C26H33NO4.ClH/c1-19-9-8-14-22(27-16-15-20-10-4-2-5-11-20)13-7-3-6-12-21-17-23(28)18-24(29)25(21)26(30)31-19;/h2,4-6,10-12,17-19,22,27-29H,3,7-9,13-16H2,1H3;1H/b12-6+;/t19-,22?;/m0./s1. The average molecular weight is 460 g/mol. The normalized spacial score (nSPS) is 20.8. The Labute approximate surface area is 196 Å². The number of fused-ring (bicyclic) bond motifs is 1. The number of phenolic OH excluding ortho intramolecular Hbond substituents is 2. The maximum Gasteiger partial charge on any atom is 0.342 e. The molecule has 6 heteroatoms. The van der Waals surface area contributed by atoms with Crippen LogP contribution < -0.4 is 5.32 Å². The van der Waals surface area contributed by atoms with E-state index < -0.39 is 5.97 Å². The fourth-order valence-electron chi connectivity index (χ4n) is 4.05. The number of carbonyl (C=O) groups excluding carboxylic acids is 1. The van der Waals surface area contributed by atoms with E-state index in [4.69, 9.17) is 4.74 Å². The van der Waals surface area contributed by atoms with Gasteiger partial charge in [-0.25, -0.2) is 4.79 Å². The van der Waals surface area contributed by atoms with Crippen LogP contribution in [-0.4, -0.2) is 34.9 Å². The minimum Gasteiger partial charge on any atom is -0.508 e. The van der Waals surface area contributed by atoms with E-state index in [1.807, 2.05) is 19.1 Å². The van der Waals surface area contributed by atoms with Gasteiger partial charge in [0.05, 0.1) is 6.10 Å². The molecule has 1 aliphatic rings. The number of aromatic hydroxyl groups is 2. The Bertz CT molecular complexity index is 885. The molecule has 0 aromatic heterocycles. The molecular formula is C26H34ClNO4. The topological polar surface area (TPSA) is 78.8 Å².